The van der Waals surface area contributed by atoms with Crippen LogP contribution < -0.4 is 10.6 Å². The topological polar surface area (TPSA) is 114 Å². The van der Waals surface area contributed by atoms with Gasteiger partial charge in [0.1, 0.15) is 5.54 Å². The molecule has 2 N–H and O–H groups in total. The van der Waals surface area contributed by atoms with Gasteiger partial charge in [-0.1, -0.05) is 76.9 Å². The number of hydrogen-bond acceptors (Lipinski definition) is 7. The lowest BCUT2D eigenvalue weighted by atomic mass is 9.80. The van der Waals surface area contributed by atoms with Crippen molar-refractivity contribution in [2.45, 2.75) is 88.3 Å². The average Bonchev–Trinajstić information content (AvgIpc) is 3.26. The Bertz CT molecular complexity index is 984. The van der Waals surface area contributed by atoms with Crippen LogP contribution in [-0.2, 0) is 4.79 Å². The molecule has 1 fully saturated rings. The number of rotatable bonds is 10. The molecule has 1 aliphatic rings. The number of hydrogen-bond donors (Lipinski definition) is 2. The fourth-order valence-corrected chi connectivity index (χ4v) is 4.77. The number of aromatic nitrogens is 2. The van der Waals surface area contributed by atoms with E-state index in [4.69, 9.17) is 4.42 Å². The van der Waals surface area contributed by atoms with Gasteiger partial charge in [-0.3, -0.25) is 14.4 Å². The number of benzene rings is 1. The molecule has 1 aromatic heterocycles. The second-order valence-electron chi connectivity index (χ2n) is 9.52. The van der Waals surface area contributed by atoms with Crippen LogP contribution in [0.25, 0.3) is 0 Å². The van der Waals surface area contributed by atoms with E-state index in [2.05, 4.69) is 20.8 Å². The van der Waals surface area contributed by atoms with Gasteiger partial charge >= 0.3 is 0 Å². The zero-order valence-corrected chi connectivity index (χ0v) is 21.1. The summed E-state index contributed by atoms with van der Waals surface area (Å²) < 4.78 is 5.56. The van der Waals surface area contributed by atoms with Crippen LogP contribution in [0.5, 0.6) is 0 Å². The Balaban J connectivity index is 1.80. The molecule has 8 nitrogen and oxygen atoms in total. The van der Waals surface area contributed by atoms with Crippen molar-refractivity contribution < 1.29 is 18.8 Å². The van der Waals surface area contributed by atoms with Crippen molar-refractivity contribution in [1.29, 1.82) is 0 Å². The van der Waals surface area contributed by atoms with Crippen molar-refractivity contribution in [2.75, 3.05) is 0 Å². The first-order valence-electron chi connectivity index (χ1n) is 11.9. The Labute approximate surface area is 205 Å². The fraction of sp³-hybridized carbons (Fsp3) is 0.560. The Morgan fingerprint density at radius 3 is 2.32 bits per heavy atom. The molecule has 0 bridgehead atoms. The summed E-state index contributed by atoms with van der Waals surface area (Å²) in [5.74, 6) is -1.02. The molecule has 1 atom stereocenters. The van der Waals surface area contributed by atoms with Crippen LogP contribution in [0.15, 0.2) is 40.0 Å². The maximum atomic E-state index is 13.6. The van der Waals surface area contributed by atoms with Crippen molar-refractivity contribution >= 4 is 29.4 Å². The summed E-state index contributed by atoms with van der Waals surface area (Å²) in [4.78, 5) is 39.8. The predicted molar refractivity (Wildman–Crippen MR) is 131 cm³/mol. The number of Topliss-reactive ketones (excluding diaryl/α,β-unsaturated/α-hetero) is 1. The van der Waals surface area contributed by atoms with E-state index in [1.807, 2.05) is 33.8 Å². The van der Waals surface area contributed by atoms with Gasteiger partial charge in [-0.15, -0.1) is 10.2 Å². The molecule has 3 rings (SSSR count). The number of thioether (sulfide) groups is 1. The van der Waals surface area contributed by atoms with E-state index in [1.165, 1.54) is 11.8 Å². The summed E-state index contributed by atoms with van der Waals surface area (Å²) in [6, 6.07) is 8.03. The molecule has 1 aromatic carbocycles. The van der Waals surface area contributed by atoms with Crippen LogP contribution in [0.2, 0.25) is 0 Å². The average molecular weight is 487 g/mol. The molecule has 0 unspecified atom stereocenters. The molecule has 0 saturated heterocycles. The number of ketones is 1. The van der Waals surface area contributed by atoms with E-state index in [1.54, 1.807) is 24.3 Å². The number of carbonyl (C=O) groups is 3. The maximum absolute atomic E-state index is 13.6. The van der Waals surface area contributed by atoms with E-state index in [0.29, 0.717) is 30.0 Å². The van der Waals surface area contributed by atoms with Gasteiger partial charge in [0.05, 0.1) is 6.04 Å². The predicted octanol–water partition coefficient (Wildman–Crippen LogP) is 4.42. The highest BCUT2D eigenvalue weighted by Crippen LogP contribution is 2.30. The monoisotopic (exact) mass is 486 g/mol. The van der Waals surface area contributed by atoms with Crippen molar-refractivity contribution in [1.82, 2.24) is 20.8 Å². The van der Waals surface area contributed by atoms with Gasteiger partial charge in [0, 0.05) is 10.8 Å². The minimum atomic E-state index is -1.06. The first-order valence-corrected chi connectivity index (χ1v) is 12.8. The zero-order chi connectivity index (χ0) is 24.7. The van der Waals surface area contributed by atoms with Gasteiger partial charge in [-0.2, -0.15) is 0 Å². The van der Waals surface area contributed by atoms with Gasteiger partial charge in [-0.25, -0.2) is 0 Å². The highest BCUT2D eigenvalue weighted by atomic mass is 32.2. The smallest absolute Gasteiger partial charge is 0.286 e. The molecular formula is C25H34N4O4S. The van der Waals surface area contributed by atoms with Crippen molar-refractivity contribution in [3.63, 3.8) is 0 Å². The van der Waals surface area contributed by atoms with Gasteiger partial charge < -0.3 is 15.1 Å². The summed E-state index contributed by atoms with van der Waals surface area (Å²) in [5, 5.41) is 14.3. The van der Waals surface area contributed by atoms with Crippen LogP contribution in [0.4, 0.5) is 0 Å². The Morgan fingerprint density at radius 2 is 1.71 bits per heavy atom. The van der Waals surface area contributed by atoms with E-state index >= 15 is 0 Å². The maximum Gasteiger partial charge on any atom is 0.286 e. The third kappa shape index (κ3) is 6.68. The third-order valence-corrected chi connectivity index (χ3v) is 6.65. The largest absolute Gasteiger partial charge is 0.408 e. The number of nitrogens with zero attached hydrogens (tertiary/aromatic N) is 2. The normalized spacial score (nSPS) is 16.3. The fourth-order valence-electron chi connectivity index (χ4n) is 4.15. The SMILES string of the molecule is CC(C)C[C@H](NC(=O)C1(NC(=O)c2ccccc2)CCCCC1)C(=O)c1nnc(SC(C)C)o1. The second kappa shape index (κ2) is 11.6. The van der Waals surface area contributed by atoms with Crippen molar-refractivity contribution in [2.24, 2.45) is 5.92 Å². The lowest BCUT2D eigenvalue weighted by Crippen LogP contribution is -2.62. The quantitative estimate of drug-likeness (QED) is 0.377. The summed E-state index contributed by atoms with van der Waals surface area (Å²) >= 11 is 1.38. The van der Waals surface area contributed by atoms with Crippen molar-refractivity contribution in [3.05, 3.63) is 41.8 Å². The molecular weight excluding hydrogens is 452 g/mol. The number of amides is 2. The molecule has 1 heterocycles. The Kier molecular flexibility index (Phi) is 8.88. The first-order chi connectivity index (χ1) is 16.2. The van der Waals surface area contributed by atoms with E-state index in [-0.39, 0.29) is 28.9 Å². The number of nitrogens with one attached hydrogen (secondary N) is 2. The van der Waals surface area contributed by atoms with Crippen LogP contribution in [0.1, 0.15) is 87.3 Å². The summed E-state index contributed by atoms with van der Waals surface area (Å²) in [6.07, 6.45) is 4.12. The van der Waals surface area contributed by atoms with Crippen LogP contribution in [-0.4, -0.2) is 44.6 Å². The minimum absolute atomic E-state index is 0.111. The second-order valence-corrected chi connectivity index (χ2v) is 11.1. The molecule has 0 aliphatic heterocycles. The van der Waals surface area contributed by atoms with Gasteiger partial charge in [0.15, 0.2) is 0 Å². The molecule has 2 amide bonds. The Morgan fingerprint density at radius 1 is 1.03 bits per heavy atom. The van der Waals surface area contributed by atoms with E-state index < -0.39 is 17.4 Å². The van der Waals surface area contributed by atoms with Crippen LogP contribution >= 0.6 is 11.8 Å². The first kappa shape index (κ1) is 25.9. The van der Waals surface area contributed by atoms with E-state index in [9.17, 15) is 14.4 Å². The zero-order valence-electron chi connectivity index (χ0n) is 20.3. The lowest BCUT2D eigenvalue weighted by molar-refractivity contribution is -0.129. The molecule has 2 aromatic rings. The Hall–Kier alpha value is -2.68. The van der Waals surface area contributed by atoms with Crippen LogP contribution in [0, 0.1) is 5.92 Å². The molecule has 1 aliphatic carbocycles. The van der Waals surface area contributed by atoms with Gasteiger partial charge in [0.25, 0.3) is 17.0 Å². The summed E-state index contributed by atoms with van der Waals surface area (Å²) in [5.41, 5.74) is -0.565. The third-order valence-electron chi connectivity index (χ3n) is 5.81. The molecule has 34 heavy (non-hydrogen) atoms. The van der Waals surface area contributed by atoms with Crippen LogP contribution in [0.3, 0.4) is 0 Å². The minimum Gasteiger partial charge on any atom is -0.408 e. The highest BCUT2D eigenvalue weighted by molar-refractivity contribution is 7.99. The van der Waals surface area contributed by atoms with Gasteiger partial charge in [0.2, 0.25) is 11.7 Å². The van der Waals surface area contributed by atoms with Crippen molar-refractivity contribution in [3.8, 4) is 0 Å². The number of carbonyl (C=O) groups excluding carboxylic acids is 3. The summed E-state index contributed by atoms with van der Waals surface area (Å²) in [6.45, 7) is 7.94. The highest BCUT2D eigenvalue weighted by Gasteiger charge is 2.43. The summed E-state index contributed by atoms with van der Waals surface area (Å²) in [7, 11) is 0. The molecule has 1 saturated carbocycles. The molecule has 9 heteroatoms. The molecule has 0 radical (unpaired) electrons. The standard InChI is InChI=1S/C25H34N4O4S/c1-16(2)15-19(20(30)22-28-29-24(33-22)34-17(3)4)26-23(32)25(13-9-6-10-14-25)27-21(31)18-11-7-5-8-12-18/h5,7-8,11-12,16-17,19H,6,9-10,13-15H2,1-4H3,(H,26,32)(H,27,31)/t19-/m0/s1. The van der Waals surface area contributed by atoms with E-state index in [0.717, 1.165) is 19.3 Å². The van der Waals surface area contributed by atoms with Gasteiger partial charge in [-0.05, 0) is 37.3 Å². The lowest BCUT2D eigenvalue weighted by Gasteiger charge is -2.37. The molecule has 0 spiro atoms. The molecule has 184 valence electrons.